The predicted octanol–water partition coefficient (Wildman–Crippen LogP) is 3.24. The van der Waals surface area contributed by atoms with Crippen molar-refractivity contribution >= 4 is 0 Å². The Morgan fingerprint density at radius 2 is 1.84 bits per heavy atom. The molecule has 0 saturated heterocycles. The monoisotopic (exact) mass is 265 g/mol. The molecule has 0 spiro atoms. The summed E-state index contributed by atoms with van der Waals surface area (Å²) >= 11 is 0. The van der Waals surface area contributed by atoms with Crippen LogP contribution < -0.4 is 4.74 Å². The zero-order valence-electron chi connectivity index (χ0n) is 12.8. The largest absolute Gasteiger partial charge is 0.494 e. The van der Waals surface area contributed by atoms with Crippen molar-refractivity contribution in [3.05, 3.63) is 29.8 Å². The third-order valence-corrected chi connectivity index (χ3v) is 3.73. The molecule has 1 aromatic carbocycles. The number of ether oxygens (including phenoxy) is 1. The van der Waals surface area contributed by atoms with Gasteiger partial charge in [-0.2, -0.15) is 0 Å². The van der Waals surface area contributed by atoms with E-state index in [-0.39, 0.29) is 5.54 Å². The third kappa shape index (κ3) is 3.71. The van der Waals surface area contributed by atoms with Crippen LogP contribution in [0.4, 0.5) is 0 Å². The van der Waals surface area contributed by atoms with Crippen LogP contribution in [0.2, 0.25) is 0 Å². The van der Waals surface area contributed by atoms with Crippen molar-refractivity contribution in [1.82, 2.24) is 4.90 Å². The summed E-state index contributed by atoms with van der Waals surface area (Å²) in [4.78, 5) is 2.27. The first-order valence-corrected chi connectivity index (χ1v) is 7.13. The normalized spacial score (nSPS) is 13.6. The van der Waals surface area contributed by atoms with Gasteiger partial charge < -0.3 is 9.84 Å². The van der Waals surface area contributed by atoms with Crippen LogP contribution in [0.5, 0.6) is 5.75 Å². The molecule has 0 amide bonds. The molecular weight excluding hydrogens is 238 g/mol. The fourth-order valence-electron chi connectivity index (χ4n) is 2.56. The minimum Gasteiger partial charge on any atom is -0.494 e. The van der Waals surface area contributed by atoms with Crippen molar-refractivity contribution in [2.75, 3.05) is 19.7 Å². The first-order valence-electron chi connectivity index (χ1n) is 7.13. The Balaban J connectivity index is 2.97. The van der Waals surface area contributed by atoms with E-state index in [1.807, 2.05) is 31.2 Å². The fraction of sp³-hybridized carbons (Fsp3) is 0.625. The summed E-state index contributed by atoms with van der Waals surface area (Å²) in [6, 6.07) is 7.74. The van der Waals surface area contributed by atoms with Crippen LogP contribution in [0.3, 0.4) is 0 Å². The van der Waals surface area contributed by atoms with Gasteiger partial charge in [0.1, 0.15) is 5.75 Å². The molecule has 1 rings (SSSR count). The van der Waals surface area contributed by atoms with Crippen LogP contribution in [0.25, 0.3) is 0 Å². The van der Waals surface area contributed by atoms with Gasteiger partial charge in [-0.1, -0.05) is 26.0 Å². The molecule has 1 N–H and O–H groups in total. The van der Waals surface area contributed by atoms with Gasteiger partial charge in [-0.3, -0.25) is 4.90 Å². The third-order valence-electron chi connectivity index (χ3n) is 3.73. The van der Waals surface area contributed by atoms with E-state index in [1.54, 1.807) is 0 Å². The van der Waals surface area contributed by atoms with E-state index >= 15 is 0 Å². The highest BCUT2D eigenvalue weighted by molar-refractivity contribution is 5.31. The molecule has 0 aliphatic carbocycles. The molecule has 0 aliphatic rings. The van der Waals surface area contributed by atoms with Gasteiger partial charge in [0.2, 0.25) is 0 Å². The molecule has 108 valence electrons. The van der Waals surface area contributed by atoms with Gasteiger partial charge in [0, 0.05) is 5.54 Å². The molecule has 19 heavy (non-hydrogen) atoms. The van der Waals surface area contributed by atoms with Crippen molar-refractivity contribution in [3.63, 3.8) is 0 Å². The molecule has 0 aromatic heterocycles. The molecule has 0 radical (unpaired) electrons. The molecular formula is C16H27NO2. The smallest absolute Gasteiger partial charge is 0.119 e. The summed E-state index contributed by atoms with van der Waals surface area (Å²) in [5, 5.41) is 10.7. The Morgan fingerprint density at radius 3 is 2.37 bits per heavy atom. The van der Waals surface area contributed by atoms with E-state index in [9.17, 15) is 5.11 Å². The van der Waals surface area contributed by atoms with Gasteiger partial charge in [0.15, 0.2) is 0 Å². The fourth-order valence-corrected chi connectivity index (χ4v) is 2.56. The first-order chi connectivity index (χ1) is 8.97. The Labute approximate surface area is 117 Å². The van der Waals surface area contributed by atoms with Crippen molar-refractivity contribution in [3.8, 4) is 5.75 Å². The molecule has 0 bridgehead atoms. The summed E-state index contributed by atoms with van der Waals surface area (Å²) in [5.41, 5.74) is 0.608. The van der Waals surface area contributed by atoms with Crippen molar-refractivity contribution in [2.45, 2.75) is 46.3 Å². The van der Waals surface area contributed by atoms with Crippen LogP contribution in [0, 0.1) is 0 Å². The van der Waals surface area contributed by atoms with Crippen LogP contribution >= 0.6 is 0 Å². The summed E-state index contributed by atoms with van der Waals surface area (Å²) in [6.07, 6.45) is -0.534. The summed E-state index contributed by atoms with van der Waals surface area (Å²) in [5.74, 6) is 0.814. The van der Waals surface area contributed by atoms with Crippen molar-refractivity contribution < 1.29 is 9.84 Å². The molecule has 0 heterocycles. The van der Waals surface area contributed by atoms with E-state index in [1.165, 1.54) is 0 Å². The number of rotatable bonds is 7. The molecule has 0 aliphatic heterocycles. The van der Waals surface area contributed by atoms with E-state index in [2.05, 4.69) is 32.6 Å². The maximum Gasteiger partial charge on any atom is 0.119 e. The Hall–Kier alpha value is -1.06. The van der Waals surface area contributed by atoms with Crippen molar-refractivity contribution in [2.24, 2.45) is 0 Å². The van der Waals surface area contributed by atoms with Gasteiger partial charge >= 0.3 is 0 Å². The van der Waals surface area contributed by atoms with Crippen LogP contribution in [-0.2, 0) is 0 Å². The van der Waals surface area contributed by atoms with Crippen LogP contribution in [0.15, 0.2) is 24.3 Å². The molecule has 1 atom stereocenters. The number of hydrogen-bond donors (Lipinski definition) is 1. The van der Waals surface area contributed by atoms with Crippen LogP contribution in [0.1, 0.15) is 46.3 Å². The van der Waals surface area contributed by atoms with E-state index < -0.39 is 6.10 Å². The van der Waals surface area contributed by atoms with Crippen LogP contribution in [-0.4, -0.2) is 35.2 Å². The Bertz CT molecular complexity index is 386. The highest BCUT2D eigenvalue weighted by Crippen LogP contribution is 2.32. The Kier molecular flexibility index (Phi) is 5.83. The topological polar surface area (TPSA) is 32.7 Å². The lowest BCUT2D eigenvalue weighted by Gasteiger charge is -2.41. The lowest BCUT2D eigenvalue weighted by Crippen LogP contribution is -2.48. The SMILES string of the molecule is CCOc1cccc(C(O)C(C)(C)N(CC)CC)c1. The summed E-state index contributed by atoms with van der Waals surface area (Å²) in [7, 11) is 0. The predicted molar refractivity (Wildman–Crippen MR) is 79.6 cm³/mol. The molecule has 3 heteroatoms. The zero-order valence-corrected chi connectivity index (χ0v) is 12.8. The van der Waals surface area contributed by atoms with Gasteiger partial charge in [-0.25, -0.2) is 0 Å². The van der Waals surface area contributed by atoms with Gasteiger partial charge in [0.05, 0.1) is 12.7 Å². The zero-order chi connectivity index (χ0) is 14.5. The molecule has 3 nitrogen and oxygen atoms in total. The molecule has 1 aromatic rings. The van der Waals surface area contributed by atoms with Gasteiger partial charge in [0.25, 0.3) is 0 Å². The van der Waals surface area contributed by atoms with Crippen molar-refractivity contribution in [1.29, 1.82) is 0 Å². The van der Waals surface area contributed by atoms with E-state index in [4.69, 9.17) is 4.74 Å². The second-order valence-corrected chi connectivity index (χ2v) is 5.23. The molecule has 1 unspecified atom stereocenters. The highest BCUT2D eigenvalue weighted by Gasteiger charge is 2.33. The average Bonchev–Trinajstić information content (AvgIpc) is 2.39. The highest BCUT2D eigenvalue weighted by atomic mass is 16.5. The lowest BCUT2D eigenvalue weighted by molar-refractivity contribution is -0.00636. The number of aliphatic hydroxyl groups excluding tert-OH is 1. The second-order valence-electron chi connectivity index (χ2n) is 5.23. The quantitative estimate of drug-likeness (QED) is 0.821. The summed E-state index contributed by atoms with van der Waals surface area (Å²) in [6.45, 7) is 12.8. The number of likely N-dealkylation sites (N-methyl/N-ethyl adjacent to an activating group) is 1. The minimum absolute atomic E-state index is 0.297. The molecule has 0 fully saturated rings. The maximum absolute atomic E-state index is 10.7. The maximum atomic E-state index is 10.7. The standard InChI is InChI=1S/C16H27NO2/c1-6-17(7-2)16(4,5)15(18)13-10-9-11-14(12-13)19-8-3/h9-12,15,18H,6-8H2,1-5H3. The number of benzene rings is 1. The average molecular weight is 265 g/mol. The number of nitrogens with zero attached hydrogens (tertiary/aromatic N) is 1. The second kappa shape index (κ2) is 6.92. The first kappa shape index (κ1) is 16.0. The summed E-state index contributed by atoms with van der Waals surface area (Å²) < 4.78 is 5.50. The van der Waals surface area contributed by atoms with Gasteiger partial charge in [-0.15, -0.1) is 0 Å². The lowest BCUT2D eigenvalue weighted by atomic mass is 9.89. The Morgan fingerprint density at radius 1 is 1.21 bits per heavy atom. The van der Waals surface area contributed by atoms with E-state index in [0.29, 0.717) is 6.61 Å². The number of hydrogen-bond acceptors (Lipinski definition) is 3. The van der Waals surface area contributed by atoms with Gasteiger partial charge in [-0.05, 0) is 51.6 Å². The molecule has 0 saturated carbocycles. The van der Waals surface area contributed by atoms with E-state index in [0.717, 1.165) is 24.4 Å². The minimum atomic E-state index is -0.534. The number of aliphatic hydroxyl groups is 1.